The number of amides is 1. The van der Waals surface area contributed by atoms with Crippen LogP contribution in [-0.4, -0.2) is 19.2 Å². The normalized spacial score (nSPS) is 11.5. The Morgan fingerprint density at radius 1 is 1.21 bits per heavy atom. The molecule has 0 spiro atoms. The molecule has 0 unspecified atom stereocenters. The lowest BCUT2D eigenvalue weighted by Crippen LogP contribution is -2.19. The zero-order chi connectivity index (χ0) is 17.6. The number of methoxy groups -OCH3 is 1. The minimum absolute atomic E-state index is 0.101. The summed E-state index contributed by atoms with van der Waals surface area (Å²) in [6, 6.07) is 11.6. The highest BCUT2D eigenvalue weighted by Crippen LogP contribution is 2.29. The van der Waals surface area contributed by atoms with Crippen molar-refractivity contribution in [3.8, 4) is 5.75 Å². The average Bonchev–Trinajstić information content (AvgIpc) is 2.55. The Bertz CT molecular complexity index is 725. The van der Waals surface area contributed by atoms with Crippen molar-refractivity contribution in [2.24, 2.45) is 5.10 Å². The maximum atomic E-state index is 12.6. The van der Waals surface area contributed by atoms with E-state index < -0.39 is 11.7 Å². The first-order chi connectivity index (χ1) is 11.4. The van der Waals surface area contributed by atoms with Crippen molar-refractivity contribution in [2.45, 2.75) is 12.6 Å². The number of carbonyl (C=O) groups excluding carboxylic acids is 1. The molecule has 2 aromatic carbocycles. The number of hydrogen-bond donors (Lipinski definition) is 1. The maximum Gasteiger partial charge on any atom is 0.416 e. The number of halogens is 3. The fourth-order valence-corrected chi connectivity index (χ4v) is 1.94. The summed E-state index contributed by atoms with van der Waals surface area (Å²) < 4.78 is 42.8. The Kier molecular flexibility index (Phi) is 5.57. The standard InChI is InChI=1S/C17H15F3N2O2/c1-24-15-7-5-12(6-8-15)10-16(23)22-21-11-13-3-2-4-14(9-13)17(18,19)20/h2-9,11H,10H2,1H3,(H,22,23). The Morgan fingerprint density at radius 2 is 1.92 bits per heavy atom. The molecule has 0 aromatic heterocycles. The minimum Gasteiger partial charge on any atom is -0.497 e. The molecular weight excluding hydrogens is 321 g/mol. The Hall–Kier alpha value is -2.83. The van der Waals surface area contributed by atoms with E-state index >= 15 is 0 Å². The van der Waals surface area contributed by atoms with Gasteiger partial charge in [-0.3, -0.25) is 4.79 Å². The SMILES string of the molecule is COc1ccc(CC(=O)NN=Cc2cccc(C(F)(F)F)c2)cc1. The molecule has 0 radical (unpaired) electrons. The third-order valence-electron chi connectivity index (χ3n) is 3.14. The van der Waals surface area contributed by atoms with Gasteiger partial charge in [-0.05, 0) is 35.4 Å². The van der Waals surface area contributed by atoms with E-state index in [0.717, 1.165) is 17.7 Å². The lowest BCUT2D eigenvalue weighted by Gasteiger charge is -2.06. The third-order valence-corrected chi connectivity index (χ3v) is 3.14. The average molecular weight is 336 g/mol. The largest absolute Gasteiger partial charge is 0.497 e. The lowest BCUT2D eigenvalue weighted by atomic mass is 10.1. The molecule has 0 fully saturated rings. The second kappa shape index (κ2) is 7.63. The number of nitrogens with one attached hydrogen (secondary N) is 1. The summed E-state index contributed by atoms with van der Waals surface area (Å²) in [6.07, 6.45) is -3.15. The summed E-state index contributed by atoms with van der Waals surface area (Å²) >= 11 is 0. The zero-order valence-corrected chi connectivity index (χ0v) is 12.8. The topological polar surface area (TPSA) is 50.7 Å². The van der Waals surface area contributed by atoms with Crippen LogP contribution in [0.2, 0.25) is 0 Å². The van der Waals surface area contributed by atoms with E-state index in [0.29, 0.717) is 5.75 Å². The van der Waals surface area contributed by atoms with Crippen molar-refractivity contribution in [1.82, 2.24) is 5.43 Å². The van der Waals surface area contributed by atoms with Crippen LogP contribution in [0.3, 0.4) is 0 Å². The fourth-order valence-electron chi connectivity index (χ4n) is 1.94. The van der Waals surface area contributed by atoms with Gasteiger partial charge in [0.1, 0.15) is 5.75 Å². The van der Waals surface area contributed by atoms with Crippen LogP contribution < -0.4 is 10.2 Å². The van der Waals surface area contributed by atoms with E-state index in [1.165, 1.54) is 18.3 Å². The van der Waals surface area contributed by atoms with Crippen LogP contribution in [0, 0.1) is 0 Å². The molecule has 1 N–H and O–H groups in total. The number of benzene rings is 2. The molecule has 0 atom stereocenters. The summed E-state index contributed by atoms with van der Waals surface area (Å²) in [4.78, 5) is 11.7. The highest BCUT2D eigenvalue weighted by molar-refractivity contribution is 5.83. The van der Waals surface area contributed by atoms with E-state index in [-0.39, 0.29) is 17.9 Å². The van der Waals surface area contributed by atoms with Crippen LogP contribution in [0.15, 0.2) is 53.6 Å². The second-order valence-corrected chi connectivity index (χ2v) is 4.94. The minimum atomic E-state index is -4.42. The predicted molar refractivity (Wildman–Crippen MR) is 83.9 cm³/mol. The molecule has 2 aromatic rings. The number of nitrogens with zero attached hydrogens (tertiary/aromatic N) is 1. The summed E-state index contributed by atoms with van der Waals surface area (Å²) in [5.74, 6) is 0.310. The molecule has 1 amide bonds. The number of hydrogen-bond acceptors (Lipinski definition) is 3. The van der Waals surface area contributed by atoms with E-state index in [4.69, 9.17) is 4.74 Å². The van der Waals surface area contributed by atoms with Crippen molar-refractivity contribution < 1.29 is 22.7 Å². The van der Waals surface area contributed by atoms with Crippen LogP contribution in [0.25, 0.3) is 0 Å². The van der Waals surface area contributed by atoms with Gasteiger partial charge in [0.15, 0.2) is 0 Å². The molecular formula is C17H15F3N2O2. The van der Waals surface area contributed by atoms with Crippen LogP contribution in [0.4, 0.5) is 13.2 Å². The Balaban J connectivity index is 1.92. The molecule has 24 heavy (non-hydrogen) atoms. The lowest BCUT2D eigenvalue weighted by molar-refractivity contribution is -0.137. The first-order valence-corrected chi connectivity index (χ1v) is 7.00. The molecule has 7 heteroatoms. The molecule has 2 rings (SSSR count). The number of rotatable bonds is 5. The molecule has 0 saturated carbocycles. The number of carbonyl (C=O) groups is 1. The summed E-state index contributed by atoms with van der Waals surface area (Å²) in [7, 11) is 1.55. The molecule has 0 aliphatic carbocycles. The van der Waals surface area contributed by atoms with Gasteiger partial charge in [-0.2, -0.15) is 18.3 Å². The van der Waals surface area contributed by atoms with Gasteiger partial charge in [0, 0.05) is 0 Å². The number of hydrazone groups is 1. The van der Waals surface area contributed by atoms with Crippen molar-refractivity contribution in [3.05, 3.63) is 65.2 Å². The quantitative estimate of drug-likeness (QED) is 0.672. The number of ether oxygens (including phenoxy) is 1. The maximum absolute atomic E-state index is 12.6. The molecule has 126 valence electrons. The Morgan fingerprint density at radius 3 is 2.54 bits per heavy atom. The van der Waals surface area contributed by atoms with Gasteiger partial charge in [0.25, 0.3) is 0 Å². The molecule has 0 bridgehead atoms. The van der Waals surface area contributed by atoms with Crippen LogP contribution in [-0.2, 0) is 17.4 Å². The van der Waals surface area contributed by atoms with Crippen molar-refractivity contribution in [2.75, 3.05) is 7.11 Å². The summed E-state index contributed by atoms with van der Waals surface area (Å²) in [6.45, 7) is 0. The van der Waals surface area contributed by atoms with Crippen LogP contribution in [0.5, 0.6) is 5.75 Å². The van der Waals surface area contributed by atoms with E-state index in [9.17, 15) is 18.0 Å². The van der Waals surface area contributed by atoms with Gasteiger partial charge in [-0.1, -0.05) is 24.3 Å². The predicted octanol–water partition coefficient (Wildman–Crippen LogP) is 3.41. The van der Waals surface area contributed by atoms with Gasteiger partial charge in [0.2, 0.25) is 5.91 Å². The van der Waals surface area contributed by atoms with Gasteiger partial charge in [-0.25, -0.2) is 5.43 Å². The van der Waals surface area contributed by atoms with Crippen LogP contribution in [0.1, 0.15) is 16.7 Å². The van der Waals surface area contributed by atoms with E-state index in [1.807, 2.05) is 0 Å². The highest BCUT2D eigenvalue weighted by atomic mass is 19.4. The van der Waals surface area contributed by atoms with Crippen molar-refractivity contribution in [3.63, 3.8) is 0 Å². The van der Waals surface area contributed by atoms with Gasteiger partial charge in [0.05, 0.1) is 25.3 Å². The molecule has 0 aliphatic rings. The summed E-state index contributed by atoms with van der Waals surface area (Å²) in [5, 5.41) is 3.68. The molecule has 4 nitrogen and oxygen atoms in total. The van der Waals surface area contributed by atoms with Gasteiger partial charge >= 0.3 is 6.18 Å². The van der Waals surface area contributed by atoms with Crippen LogP contribution >= 0.6 is 0 Å². The van der Waals surface area contributed by atoms with Gasteiger partial charge in [-0.15, -0.1) is 0 Å². The molecule has 0 saturated heterocycles. The van der Waals surface area contributed by atoms with Gasteiger partial charge < -0.3 is 4.74 Å². The second-order valence-electron chi connectivity index (χ2n) is 4.94. The molecule has 0 heterocycles. The van der Waals surface area contributed by atoms with E-state index in [2.05, 4.69) is 10.5 Å². The number of alkyl halides is 3. The van der Waals surface area contributed by atoms with E-state index in [1.54, 1.807) is 31.4 Å². The first kappa shape index (κ1) is 17.5. The Labute approximate surface area is 137 Å². The molecule has 0 aliphatic heterocycles. The monoisotopic (exact) mass is 336 g/mol. The zero-order valence-electron chi connectivity index (χ0n) is 12.8. The van der Waals surface area contributed by atoms with Crippen molar-refractivity contribution >= 4 is 12.1 Å². The fraction of sp³-hybridized carbons (Fsp3) is 0.176. The van der Waals surface area contributed by atoms with Crippen molar-refractivity contribution in [1.29, 1.82) is 0 Å². The first-order valence-electron chi connectivity index (χ1n) is 7.00. The highest BCUT2D eigenvalue weighted by Gasteiger charge is 2.30. The smallest absolute Gasteiger partial charge is 0.416 e. The summed E-state index contributed by atoms with van der Waals surface area (Å²) in [5.41, 5.74) is 2.53. The third kappa shape index (κ3) is 5.12.